The van der Waals surface area contributed by atoms with Crippen LogP contribution >= 0.6 is 0 Å². The first-order valence-corrected chi connectivity index (χ1v) is 8.31. The monoisotopic (exact) mass is 289 g/mol. The number of ether oxygens (including phenoxy) is 2. The van der Waals surface area contributed by atoms with Crippen molar-refractivity contribution < 1.29 is 9.47 Å². The summed E-state index contributed by atoms with van der Waals surface area (Å²) in [7, 11) is 0. The van der Waals surface area contributed by atoms with Crippen molar-refractivity contribution in [1.29, 1.82) is 0 Å². The van der Waals surface area contributed by atoms with Gasteiger partial charge >= 0.3 is 0 Å². The minimum absolute atomic E-state index is 0.168. The summed E-state index contributed by atoms with van der Waals surface area (Å²) in [6.07, 6.45) is 4.22. The molecule has 2 aliphatic heterocycles. The van der Waals surface area contributed by atoms with Crippen LogP contribution in [0, 0.1) is 11.8 Å². The summed E-state index contributed by atoms with van der Waals surface area (Å²) in [5.41, 5.74) is 0. The number of likely N-dealkylation sites (tertiary alicyclic amines) is 1. The van der Waals surface area contributed by atoms with Gasteiger partial charge < -0.3 is 9.47 Å². The lowest BCUT2D eigenvalue weighted by Gasteiger charge is -2.36. The molecular weight excluding hydrogens is 262 g/mol. The lowest BCUT2D eigenvalue weighted by atomic mass is 9.88. The first-order chi connectivity index (χ1) is 10.2. The summed E-state index contributed by atoms with van der Waals surface area (Å²) in [6, 6.07) is 7.96. The molecule has 1 aromatic carbocycles. The van der Waals surface area contributed by atoms with Crippen molar-refractivity contribution in [2.24, 2.45) is 11.8 Å². The van der Waals surface area contributed by atoms with E-state index in [9.17, 15) is 0 Å². The van der Waals surface area contributed by atoms with Crippen LogP contribution in [0.25, 0.3) is 0 Å². The van der Waals surface area contributed by atoms with E-state index in [1.807, 2.05) is 24.3 Å². The number of piperidine rings is 1. The normalized spacial score (nSPS) is 23.5. The van der Waals surface area contributed by atoms with E-state index in [0.717, 1.165) is 29.9 Å². The van der Waals surface area contributed by atoms with Crippen LogP contribution in [0.3, 0.4) is 0 Å². The Hall–Kier alpha value is -1.22. The molecule has 3 nitrogen and oxygen atoms in total. The average molecular weight is 289 g/mol. The Morgan fingerprint density at radius 1 is 1.14 bits per heavy atom. The van der Waals surface area contributed by atoms with Crippen molar-refractivity contribution >= 4 is 0 Å². The first kappa shape index (κ1) is 14.7. The Balaban J connectivity index is 1.46. The molecule has 2 heterocycles. The SMILES string of the molecule is CC(C)CC1CCN(CC2COc3ccccc3O2)CC1. The maximum atomic E-state index is 6.06. The zero-order valence-electron chi connectivity index (χ0n) is 13.3. The van der Waals surface area contributed by atoms with Gasteiger partial charge in [0.15, 0.2) is 11.5 Å². The van der Waals surface area contributed by atoms with Gasteiger partial charge in [-0.05, 0) is 56.3 Å². The Labute approximate surface area is 128 Å². The van der Waals surface area contributed by atoms with Crippen LogP contribution in [0.4, 0.5) is 0 Å². The standard InChI is InChI=1S/C18H27NO2/c1-14(2)11-15-7-9-19(10-8-15)12-16-13-20-17-5-3-4-6-18(17)21-16/h3-6,14-16H,7-13H2,1-2H3. The quantitative estimate of drug-likeness (QED) is 0.845. The van der Waals surface area contributed by atoms with Gasteiger partial charge in [-0.3, -0.25) is 4.90 Å². The second-order valence-electron chi connectivity index (χ2n) is 6.87. The lowest BCUT2D eigenvalue weighted by Crippen LogP contribution is -2.44. The predicted octanol–water partition coefficient (Wildman–Crippen LogP) is 3.58. The molecule has 2 aliphatic rings. The molecule has 0 bridgehead atoms. The highest BCUT2D eigenvalue weighted by Gasteiger charge is 2.26. The summed E-state index contributed by atoms with van der Waals surface area (Å²) >= 11 is 0. The van der Waals surface area contributed by atoms with Gasteiger partial charge in [0.25, 0.3) is 0 Å². The van der Waals surface area contributed by atoms with Gasteiger partial charge in [-0.15, -0.1) is 0 Å². The van der Waals surface area contributed by atoms with E-state index in [2.05, 4.69) is 18.7 Å². The molecule has 0 aromatic heterocycles. The van der Waals surface area contributed by atoms with E-state index in [4.69, 9.17) is 9.47 Å². The van der Waals surface area contributed by atoms with Crippen molar-refractivity contribution in [3.8, 4) is 11.5 Å². The molecule has 116 valence electrons. The number of para-hydroxylation sites is 2. The van der Waals surface area contributed by atoms with E-state index in [0.29, 0.717) is 6.61 Å². The topological polar surface area (TPSA) is 21.7 Å². The molecule has 3 heteroatoms. The van der Waals surface area contributed by atoms with Crippen LogP contribution in [0.1, 0.15) is 33.1 Å². The van der Waals surface area contributed by atoms with Crippen molar-refractivity contribution in [3.63, 3.8) is 0 Å². The second kappa shape index (κ2) is 6.69. The van der Waals surface area contributed by atoms with Crippen molar-refractivity contribution in [1.82, 2.24) is 4.90 Å². The zero-order chi connectivity index (χ0) is 14.7. The molecule has 0 saturated carbocycles. The molecule has 0 amide bonds. The van der Waals surface area contributed by atoms with Gasteiger partial charge in [-0.2, -0.15) is 0 Å². The first-order valence-electron chi connectivity index (χ1n) is 8.31. The molecule has 21 heavy (non-hydrogen) atoms. The lowest BCUT2D eigenvalue weighted by molar-refractivity contribution is 0.0464. The molecule has 0 radical (unpaired) electrons. The Kier molecular flexibility index (Phi) is 4.69. The molecule has 1 aromatic rings. The highest BCUT2D eigenvalue weighted by molar-refractivity contribution is 5.40. The van der Waals surface area contributed by atoms with E-state index >= 15 is 0 Å². The van der Waals surface area contributed by atoms with Gasteiger partial charge in [0.2, 0.25) is 0 Å². The molecule has 0 aliphatic carbocycles. The van der Waals surface area contributed by atoms with Crippen LogP contribution in [-0.4, -0.2) is 37.2 Å². The van der Waals surface area contributed by atoms with E-state index < -0.39 is 0 Å². The van der Waals surface area contributed by atoms with Gasteiger partial charge in [0, 0.05) is 6.54 Å². The zero-order valence-corrected chi connectivity index (χ0v) is 13.3. The average Bonchev–Trinajstić information content (AvgIpc) is 2.49. The summed E-state index contributed by atoms with van der Waals surface area (Å²) in [5, 5.41) is 0. The maximum absolute atomic E-state index is 6.06. The fraction of sp³-hybridized carbons (Fsp3) is 0.667. The van der Waals surface area contributed by atoms with Crippen LogP contribution in [0.5, 0.6) is 11.5 Å². The number of hydrogen-bond acceptors (Lipinski definition) is 3. The molecule has 0 spiro atoms. The molecule has 1 unspecified atom stereocenters. The number of benzene rings is 1. The molecule has 3 rings (SSSR count). The van der Waals surface area contributed by atoms with Crippen LogP contribution in [-0.2, 0) is 0 Å². The summed E-state index contributed by atoms with van der Waals surface area (Å²) in [5.74, 6) is 3.52. The molecule has 1 atom stereocenters. The number of fused-ring (bicyclic) bond motifs is 1. The van der Waals surface area contributed by atoms with Crippen molar-refractivity contribution in [3.05, 3.63) is 24.3 Å². The van der Waals surface area contributed by atoms with Crippen LogP contribution in [0.15, 0.2) is 24.3 Å². The third-order valence-corrected chi connectivity index (χ3v) is 4.54. The second-order valence-corrected chi connectivity index (χ2v) is 6.87. The Morgan fingerprint density at radius 3 is 2.57 bits per heavy atom. The number of rotatable bonds is 4. The fourth-order valence-electron chi connectivity index (χ4n) is 3.51. The third kappa shape index (κ3) is 3.91. The summed E-state index contributed by atoms with van der Waals surface area (Å²) < 4.78 is 11.9. The van der Waals surface area contributed by atoms with Crippen molar-refractivity contribution in [2.75, 3.05) is 26.2 Å². The van der Waals surface area contributed by atoms with Gasteiger partial charge in [0.05, 0.1) is 0 Å². The number of hydrogen-bond donors (Lipinski definition) is 0. The smallest absolute Gasteiger partial charge is 0.161 e. The van der Waals surface area contributed by atoms with Gasteiger partial charge in [-0.1, -0.05) is 26.0 Å². The van der Waals surface area contributed by atoms with E-state index in [1.165, 1.54) is 32.4 Å². The van der Waals surface area contributed by atoms with Gasteiger partial charge in [0.1, 0.15) is 12.7 Å². The minimum Gasteiger partial charge on any atom is -0.486 e. The number of nitrogens with zero attached hydrogens (tertiary/aromatic N) is 1. The third-order valence-electron chi connectivity index (χ3n) is 4.54. The minimum atomic E-state index is 0.168. The Morgan fingerprint density at radius 2 is 1.86 bits per heavy atom. The Bertz CT molecular complexity index is 452. The highest BCUT2D eigenvalue weighted by atomic mass is 16.6. The highest BCUT2D eigenvalue weighted by Crippen LogP contribution is 2.31. The molecular formula is C18H27NO2. The molecule has 1 fully saturated rings. The maximum Gasteiger partial charge on any atom is 0.161 e. The predicted molar refractivity (Wildman–Crippen MR) is 85.0 cm³/mol. The molecule has 1 saturated heterocycles. The summed E-state index contributed by atoms with van der Waals surface area (Å²) in [6.45, 7) is 8.73. The van der Waals surface area contributed by atoms with Crippen molar-refractivity contribution in [2.45, 2.75) is 39.2 Å². The summed E-state index contributed by atoms with van der Waals surface area (Å²) in [4.78, 5) is 2.54. The van der Waals surface area contributed by atoms with Crippen LogP contribution in [0.2, 0.25) is 0 Å². The molecule has 0 N–H and O–H groups in total. The van der Waals surface area contributed by atoms with E-state index in [-0.39, 0.29) is 6.10 Å². The van der Waals surface area contributed by atoms with Gasteiger partial charge in [-0.25, -0.2) is 0 Å². The van der Waals surface area contributed by atoms with E-state index in [1.54, 1.807) is 0 Å². The fourth-order valence-corrected chi connectivity index (χ4v) is 3.51. The largest absolute Gasteiger partial charge is 0.486 e. The van der Waals surface area contributed by atoms with Crippen LogP contribution < -0.4 is 9.47 Å².